The van der Waals surface area contributed by atoms with E-state index in [9.17, 15) is 49.8 Å². The molecule has 1 N–H and O–H groups in total. The Morgan fingerprint density at radius 3 is 2.27 bits per heavy atom. The largest absolute Gasteiger partial charge is 0.417 e. The van der Waals surface area contributed by atoms with Gasteiger partial charge in [0.2, 0.25) is 0 Å². The minimum absolute atomic E-state index is 0.122. The van der Waals surface area contributed by atoms with Gasteiger partial charge in [0, 0.05) is 33.2 Å². The molecular formula is C24H23ClF8N4O3S. The average Bonchev–Trinajstić information content (AvgIpc) is 3.19. The topological polar surface area (TPSA) is 67.3 Å². The van der Waals surface area contributed by atoms with Crippen LogP contribution in [-0.2, 0) is 12.4 Å². The molecule has 3 rings (SSSR count). The molecule has 226 valence electrons. The van der Waals surface area contributed by atoms with Crippen LogP contribution in [0.4, 0.5) is 56.1 Å². The number of urea groups is 1. The van der Waals surface area contributed by atoms with Gasteiger partial charge in [0.05, 0.1) is 33.5 Å². The maximum absolute atomic E-state index is 14.5. The lowest BCUT2D eigenvalue weighted by Gasteiger charge is -2.26. The third-order valence-corrected chi connectivity index (χ3v) is 7.36. The second kappa shape index (κ2) is 12.2. The highest BCUT2D eigenvalue weighted by Gasteiger charge is 2.43. The van der Waals surface area contributed by atoms with Crippen molar-refractivity contribution in [3.63, 3.8) is 0 Å². The number of aliphatic hydroxyl groups is 1. The van der Waals surface area contributed by atoms with Gasteiger partial charge in [-0.25, -0.2) is 13.6 Å². The smallest absolute Gasteiger partial charge is 0.390 e. The van der Waals surface area contributed by atoms with Crippen LogP contribution in [0.25, 0.3) is 0 Å². The molecule has 17 heteroatoms. The van der Waals surface area contributed by atoms with E-state index >= 15 is 0 Å². The molecule has 0 spiro atoms. The predicted molar refractivity (Wildman–Crippen MR) is 136 cm³/mol. The Kier molecular flexibility index (Phi) is 9.72. The zero-order valence-electron chi connectivity index (χ0n) is 21.6. The summed E-state index contributed by atoms with van der Waals surface area (Å²) in [4.78, 5) is 28.9. The van der Waals surface area contributed by atoms with Crippen LogP contribution in [0.3, 0.4) is 0 Å². The molecule has 0 saturated carbocycles. The van der Waals surface area contributed by atoms with Crippen LogP contribution in [0.5, 0.6) is 0 Å². The van der Waals surface area contributed by atoms with Gasteiger partial charge in [0.25, 0.3) is 5.24 Å². The molecule has 1 saturated heterocycles. The summed E-state index contributed by atoms with van der Waals surface area (Å²) >= 11 is 5.33. The zero-order valence-corrected chi connectivity index (χ0v) is 23.2. The van der Waals surface area contributed by atoms with E-state index in [1.807, 2.05) is 0 Å². The zero-order chi connectivity index (χ0) is 31.0. The van der Waals surface area contributed by atoms with E-state index in [0.29, 0.717) is 21.9 Å². The number of hydrogen-bond acceptors (Lipinski definition) is 5. The van der Waals surface area contributed by atoms with Crippen LogP contribution in [0, 0.1) is 11.6 Å². The number of benzene rings is 2. The van der Waals surface area contributed by atoms with Crippen molar-refractivity contribution in [2.45, 2.75) is 23.4 Å². The van der Waals surface area contributed by atoms with Crippen molar-refractivity contribution < 1.29 is 49.8 Å². The molecule has 0 bridgehead atoms. The summed E-state index contributed by atoms with van der Waals surface area (Å²) in [5.41, 5.74) is -5.05. The summed E-state index contributed by atoms with van der Waals surface area (Å²) in [5.74, 6) is -2.56. The fourth-order valence-corrected chi connectivity index (χ4v) is 5.16. The van der Waals surface area contributed by atoms with Crippen LogP contribution in [0.15, 0.2) is 29.2 Å². The lowest BCUT2D eigenvalue weighted by Crippen LogP contribution is -2.40. The van der Waals surface area contributed by atoms with Crippen molar-refractivity contribution in [1.29, 1.82) is 0 Å². The number of rotatable bonds is 7. The van der Waals surface area contributed by atoms with Crippen molar-refractivity contribution >= 4 is 46.0 Å². The van der Waals surface area contributed by atoms with Gasteiger partial charge in [-0.15, -0.1) is 0 Å². The Morgan fingerprint density at radius 1 is 1.07 bits per heavy atom. The van der Waals surface area contributed by atoms with Crippen LogP contribution in [0.2, 0.25) is 5.02 Å². The highest BCUT2D eigenvalue weighted by Crippen LogP contribution is 2.47. The van der Waals surface area contributed by atoms with E-state index in [1.165, 1.54) is 0 Å². The number of nitrogens with zero attached hydrogens (tertiary/aromatic N) is 4. The number of anilines is 2. The molecule has 1 aliphatic rings. The van der Waals surface area contributed by atoms with E-state index in [1.54, 1.807) is 19.0 Å². The van der Waals surface area contributed by atoms with E-state index in [0.717, 1.165) is 18.0 Å². The number of carbonyl (C=O) groups excluding carboxylic acids is 2. The lowest BCUT2D eigenvalue weighted by atomic mass is 10.1. The van der Waals surface area contributed by atoms with Gasteiger partial charge in [-0.05, 0) is 50.1 Å². The highest BCUT2D eigenvalue weighted by atomic mass is 35.5. The molecule has 0 radical (unpaired) electrons. The number of β-amino-alcohol motifs (C(OH)–C–C–N with tert-alkyl or cyclic N) is 1. The fourth-order valence-electron chi connectivity index (χ4n) is 4.03. The summed E-state index contributed by atoms with van der Waals surface area (Å²) in [6, 6.07) is 0.649. The maximum Gasteiger partial charge on any atom is 0.417 e. The van der Waals surface area contributed by atoms with Gasteiger partial charge in [0.15, 0.2) is 5.82 Å². The Labute approximate surface area is 238 Å². The molecule has 1 atom stereocenters. The first-order chi connectivity index (χ1) is 18.8. The number of halogens is 9. The van der Waals surface area contributed by atoms with Crippen molar-refractivity contribution in [2.24, 2.45) is 0 Å². The van der Waals surface area contributed by atoms with Crippen LogP contribution in [-0.4, -0.2) is 79.6 Å². The summed E-state index contributed by atoms with van der Waals surface area (Å²) in [5, 5.41) is 7.90. The minimum Gasteiger partial charge on any atom is -0.390 e. The molecule has 0 aromatic heterocycles. The van der Waals surface area contributed by atoms with Gasteiger partial charge in [-0.1, -0.05) is 11.6 Å². The Bertz CT molecular complexity index is 1330. The fraction of sp³-hybridized carbons (Fsp3) is 0.417. The molecule has 3 amide bonds. The summed E-state index contributed by atoms with van der Waals surface area (Å²) in [6.45, 7) is -0.630. The van der Waals surface area contributed by atoms with E-state index < -0.39 is 73.8 Å². The maximum atomic E-state index is 14.5. The SMILES string of the molecule is CN(C)CC(O)CN1CCN(c2cc(C(F)(F)F)cc(C(F)(F)F)c2SC(=O)N(C)c2ccc(F)c(Cl)c2F)C1=O. The molecule has 2 aromatic carbocycles. The van der Waals surface area contributed by atoms with Crippen molar-refractivity contribution in [3.05, 3.63) is 52.0 Å². The van der Waals surface area contributed by atoms with Gasteiger partial charge < -0.3 is 19.8 Å². The molecule has 1 unspecified atom stereocenters. The second-order valence-corrected chi connectivity index (χ2v) is 10.6. The first kappa shape index (κ1) is 32.7. The van der Waals surface area contributed by atoms with Crippen molar-refractivity contribution in [3.8, 4) is 0 Å². The van der Waals surface area contributed by atoms with E-state index in [-0.39, 0.29) is 44.0 Å². The number of thioether (sulfide) groups is 1. The van der Waals surface area contributed by atoms with E-state index in [2.05, 4.69) is 0 Å². The Morgan fingerprint density at radius 2 is 1.71 bits per heavy atom. The number of amides is 3. The van der Waals surface area contributed by atoms with Crippen LogP contribution < -0.4 is 9.80 Å². The Hall–Kier alpha value is -2.82. The van der Waals surface area contributed by atoms with Crippen LogP contribution in [0.1, 0.15) is 11.1 Å². The first-order valence-corrected chi connectivity index (χ1v) is 12.8. The van der Waals surface area contributed by atoms with Gasteiger partial charge in [-0.2, -0.15) is 26.3 Å². The average molecular weight is 635 g/mol. The predicted octanol–water partition coefficient (Wildman–Crippen LogP) is 6.17. The minimum atomic E-state index is -5.41. The normalized spacial score (nSPS) is 15.2. The Balaban J connectivity index is 2.10. The molecule has 1 fully saturated rings. The summed E-state index contributed by atoms with van der Waals surface area (Å²) in [7, 11) is 4.23. The monoisotopic (exact) mass is 634 g/mol. The van der Waals surface area contributed by atoms with Gasteiger partial charge in [0.1, 0.15) is 10.8 Å². The quantitative estimate of drug-likeness (QED) is 0.224. The third-order valence-electron chi connectivity index (χ3n) is 5.93. The number of carbonyl (C=O) groups is 2. The number of aliphatic hydroxyl groups excluding tert-OH is 1. The highest BCUT2D eigenvalue weighted by molar-refractivity contribution is 8.14. The molecule has 2 aromatic rings. The second-order valence-electron chi connectivity index (χ2n) is 9.29. The molecule has 1 aliphatic heterocycles. The lowest BCUT2D eigenvalue weighted by molar-refractivity contribution is -0.144. The number of alkyl halides is 6. The summed E-state index contributed by atoms with van der Waals surface area (Å²) in [6.07, 6.45) is -11.7. The number of likely N-dealkylation sites (N-methyl/N-ethyl adjacent to an activating group) is 1. The molecule has 7 nitrogen and oxygen atoms in total. The van der Waals surface area contributed by atoms with Crippen molar-refractivity contribution in [2.75, 3.05) is 57.1 Å². The molecule has 0 aliphatic carbocycles. The van der Waals surface area contributed by atoms with E-state index in [4.69, 9.17) is 11.6 Å². The van der Waals surface area contributed by atoms with Crippen molar-refractivity contribution in [1.82, 2.24) is 9.80 Å². The standard InChI is InChI=1S/C24H23ClF8N4O3S/c1-34(2)10-13(38)11-36-6-7-37(21(36)39)17-9-12(23(28,29)30)8-14(24(31,32)33)20(17)41-22(40)35(3)16-5-4-15(26)18(25)19(16)27/h4-5,8-9,13,38H,6-7,10-11H2,1-3H3. The molecule has 1 heterocycles. The molecular weight excluding hydrogens is 612 g/mol. The van der Waals surface area contributed by atoms with Crippen LogP contribution >= 0.6 is 23.4 Å². The first-order valence-electron chi connectivity index (χ1n) is 11.6. The number of hydrogen-bond donors (Lipinski definition) is 1. The third kappa shape index (κ3) is 7.34. The van der Waals surface area contributed by atoms with Gasteiger partial charge in [-0.3, -0.25) is 9.69 Å². The molecule has 41 heavy (non-hydrogen) atoms. The summed E-state index contributed by atoms with van der Waals surface area (Å²) < 4.78 is 111. The van der Waals surface area contributed by atoms with Gasteiger partial charge >= 0.3 is 18.4 Å².